The highest BCUT2D eigenvalue weighted by Gasteiger charge is 2.19. The van der Waals surface area contributed by atoms with Crippen LogP contribution in [-0.4, -0.2) is 23.8 Å². The number of rotatable bonds is 7. The van der Waals surface area contributed by atoms with Crippen LogP contribution in [-0.2, 0) is 14.3 Å². The second-order valence-electron chi connectivity index (χ2n) is 5.53. The van der Waals surface area contributed by atoms with Crippen molar-refractivity contribution in [3.63, 3.8) is 0 Å². The van der Waals surface area contributed by atoms with Gasteiger partial charge in [-0.2, -0.15) is 0 Å². The van der Waals surface area contributed by atoms with Gasteiger partial charge in [0.15, 0.2) is 11.9 Å². The summed E-state index contributed by atoms with van der Waals surface area (Å²) in [5, 5.41) is 3.27. The molecule has 0 aliphatic heterocycles. The first-order valence-corrected chi connectivity index (χ1v) is 8.66. The molecule has 2 rings (SSSR count). The van der Waals surface area contributed by atoms with E-state index in [2.05, 4.69) is 5.32 Å². The lowest BCUT2D eigenvalue weighted by Gasteiger charge is -2.14. The lowest BCUT2D eigenvalue weighted by atomic mass is 10.1. The number of esters is 1. The summed E-state index contributed by atoms with van der Waals surface area (Å²) in [5.74, 6) is -1.34. The zero-order valence-corrected chi connectivity index (χ0v) is 15.5. The summed E-state index contributed by atoms with van der Waals surface area (Å²) < 4.78 is 5.06. The van der Waals surface area contributed by atoms with Gasteiger partial charge < -0.3 is 10.1 Å². The summed E-state index contributed by atoms with van der Waals surface area (Å²) in [7, 11) is 0. The van der Waals surface area contributed by atoms with Gasteiger partial charge in [-0.05, 0) is 25.1 Å². The van der Waals surface area contributed by atoms with Crippen molar-refractivity contribution in [3.05, 3.63) is 64.1 Å². The highest BCUT2D eigenvalue weighted by Crippen LogP contribution is 2.25. The molecule has 1 atom stereocenters. The van der Waals surface area contributed by atoms with Crippen LogP contribution in [0.1, 0.15) is 30.1 Å². The maximum Gasteiger partial charge on any atom is 0.307 e. The van der Waals surface area contributed by atoms with Gasteiger partial charge in [0, 0.05) is 17.0 Å². The fourth-order valence-corrected chi connectivity index (χ4v) is 2.46. The molecule has 0 aliphatic rings. The number of carbonyl (C=O) groups excluding carboxylic acids is 3. The van der Waals surface area contributed by atoms with Crippen molar-refractivity contribution < 1.29 is 19.1 Å². The summed E-state index contributed by atoms with van der Waals surface area (Å²) in [5.41, 5.74) is 0.855. The van der Waals surface area contributed by atoms with E-state index in [1.54, 1.807) is 42.5 Å². The minimum absolute atomic E-state index is 0.0112. The fraction of sp³-hybridized carbons (Fsp3) is 0.211. The van der Waals surface area contributed by atoms with E-state index in [1.165, 1.54) is 13.0 Å². The van der Waals surface area contributed by atoms with E-state index in [4.69, 9.17) is 27.9 Å². The predicted molar refractivity (Wildman–Crippen MR) is 101 cm³/mol. The SMILES string of the molecule is C[C@H](OC(=O)CCC(=O)c1ccccc1)C(=O)Nc1cc(Cl)ccc1Cl. The third-order valence-electron chi connectivity index (χ3n) is 3.52. The monoisotopic (exact) mass is 393 g/mol. The molecule has 136 valence electrons. The average molecular weight is 394 g/mol. The van der Waals surface area contributed by atoms with Crippen LogP contribution in [0.2, 0.25) is 10.0 Å². The standard InChI is InChI=1S/C19H17Cl2NO4/c1-12(19(25)22-16-11-14(20)7-8-15(16)21)26-18(24)10-9-17(23)13-5-3-2-4-6-13/h2-8,11-12H,9-10H2,1H3,(H,22,25)/t12-/m0/s1. The smallest absolute Gasteiger partial charge is 0.307 e. The molecule has 0 bridgehead atoms. The Balaban J connectivity index is 1.83. The summed E-state index contributed by atoms with van der Waals surface area (Å²) in [6, 6.07) is 13.3. The number of carbonyl (C=O) groups is 3. The maximum absolute atomic E-state index is 12.1. The Morgan fingerprint density at radius 2 is 1.73 bits per heavy atom. The quantitative estimate of drug-likeness (QED) is 0.553. The summed E-state index contributed by atoms with van der Waals surface area (Å²) in [6.07, 6.45) is -1.13. The molecule has 2 aromatic carbocycles. The molecule has 0 aromatic heterocycles. The topological polar surface area (TPSA) is 72.5 Å². The Morgan fingerprint density at radius 3 is 2.42 bits per heavy atom. The Morgan fingerprint density at radius 1 is 1.04 bits per heavy atom. The van der Waals surface area contributed by atoms with E-state index < -0.39 is 18.0 Å². The molecule has 1 N–H and O–H groups in total. The van der Waals surface area contributed by atoms with Gasteiger partial charge >= 0.3 is 5.97 Å². The van der Waals surface area contributed by atoms with E-state index in [9.17, 15) is 14.4 Å². The molecule has 0 spiro atoms. The highest BCUT2D eigenvalue weighted by molar-refractivity contribution is 6.35. The Bertz CT molecular complexity index is 808. The number of amides is 1. The first kappa shape index (κ1) is 19.9. The fourth-order valence-electron chi connectivity index (χ4n) is 2.12. The summed E-state index contributed by atoms with van der Waals surface area (Å²) in [6.45, 7) is 1.44. The number of hydrogen-bond acceptors (Lipinski definition) is 4. The first-order chi connectivity index (χ1) is 12.4. The molecule has 0 heterocycles. The van der Waals surface area contributed by atoms with Crippen molar-refractivity contribution in [1.82, 2.24) is 0 Å². The van der Waals surface area contributed by atoms with Crippen LogP contribution >= 0.6 is 23.2 Å². The number of hydrogen-bond donors (Lipinski definition) is 1. The van der Waals surface area contributed by atoms with E-state index in [-0.39, 0.29) is 18.6 Å². The number of benzene rings is 2. The van der Waals surface area contributed by atoms with Gasteiger partial charge in [0.25, 0.3) is 5.91 Å². The summed E-state index contributed by atoms with van der Waals surface area (Å²) >= 11 is 11.8. The summed E-state index contributed by atoms with van der Waals surface area (Å²) in [4.78, 5) is 35.9. The van der Waals surface area contributed by atoms with Gasteiger partial charge in [-0.25, -0.2) is 0 Å². The van der Waals surface area contributed by atoms with Crippen LogP contribution in [0.25, 0.3) is 0 Å². The first-order valence-electron chi connectivity index (χ1n) is 7.90. The van der Waals surface area contributed by atoms with E-state index in [1.807, 2.05) is 0 Å². The number of anilines is 1. The van der Waals surface area contributed by atoms with Crippen LogP contribution in [0.4, 0.5) is 5.69 Å². The van der Waals surface area contributed by atoms with Crippen molar-refractivity contribution in [2.75, 3.05) is 5.32 Å². The third-order valence-corrected chi connectivity index (χ3v) is 4.08. The molecule has 2 aromatic rings. The lowest BCUT2D eigenvalue weighted by molar-refractivity contribution is -0.153. The number of ether oxygens (including phenoxy) is 1. The van der Waals surface area contributed by atoms with Crippen LogP contribution in [0.5, 0.6) is 0 Å². The van der Waals surface area contributed by atoms with Gasteiger partial charge in [0.05, 0.1) is 17.1 Å². The second kappa shape index (κ2) is 9.36. The molecule has 0 saturated carbocycles. The molecule has 1 amide bonds. The van der Waals surface area contributed by atoms with E-state index in [0.717, 1.165) is 0 Å². The molecule has 5 nitrogen and oxygen atoms in total. The lowest BCUT2D eigenvalue weighted by Crippen LogP contribution is -2.30. The molecular formula is C19H17Cl2NO4. The van der Waals surface area contributed by atoms with Gasteiger partial charge in [-0.3, -0.25) is 14.4 Å². The van der Waals surface area contributed by atoms with Gasteiger partial charge in [-0.15, -0.1) is 0 Å². The van der Waals surface area contributed by atoms with E-state index in [0.29, 0.717) is 21.3 Å². The van der Waals surface area contributed by atoms with Crippen molar-refractivity contribution in [3.8, 4) is 0 Å². The van der Waals surface area contributed by atoms with Crippen LogP contribution in [0.3, 0.4) is 0 Å². The number of halogens is 2. The van der Waals surface area contributed by atoms with Crippen molar-refractivity contribution >= 4 is 46.5 Å². The highest BCUT2D eigenvalue weighted by atomic mass is 35.5. The average Bonchev–Trinajstić information content (AvgIpc) is 2.63. The van der Waals surface area contributed by atoms with Crippen molar-refractivity contribution in [1.29, 1.82) is 0 Å². The van der Waals surface area contributed by atoms with Gasteiger partial charge in [0.1, 0.15) is 0 Å². The van der Waals surface area contributed by atoms with Crippen molar-refractivity contribution in [2.45, 2.75) is 25.9 Å². The Labute approximate surface area is 161 Å². The zero-order chi connectivity index (χ0) is 19.1. The molecule has 0 radical (unpaired) electrons. The molecule has 7 heteroatoms. The van der Waals surface area contributed by atoms with Crippen molar-refractivity contribution in [2.24, 2.45) is 0 Å². The minimum atomic E-state index is -1.04. The predicted octanol–water partition coefficient (Wildman–Crippen LogP) is 4.53. The van der Waals surface area contributed by atoms with Gasteiger partial charge in [-0.1, -0.05) is 53.5 Å². The molecular weight excluding hydrogens is 377 g/mol. The van der Waals surface area contributed by atoms with Crippen LogP contribution < -0.4 is 5.32 Å². The molecule has 0 aliphatic carbocycles. The molecule has 26 heavy (non-hydrogen) atoms. The Kier molecular flexibility index (Phi) is 7.18. The number of ketones is 1. The largest absolute Gasteiger partial charge is 0.453 e. The normalized spacial score (nSPS) is 11.5. The number of nitrogens with one attached hydrogen (secondary N) is 1. The van der Waals surface area contributed by atoms with Crippen LogP contribution in [0, 0.1) is 0 Å². The van der Waals surface area contributed by atoms with Gasteiger partial charge in [0.2, 0.25) is 0 Å². The zero-order valence-electron chi connectivity index (χ0n) is 14.0. The third kappa shape index (κ3) is 5.86. The minimum Gasteiger partial charge on any atom is -0.453 e. The van der Waals surface area contributed by atoms with Crippen LogP contribution in [0.15, 0.2) is 48.5 Å². The number of Topliss-reactive ketones (excluding diaryl/α,β-unsaturated/α-hetero) is 1. The molecule has 0 unspecified atom stereocenters. The Hall–Kier alpha value is -2.37. The second-order valence-corrected chi connectivity index (χ2v) is 6.38. The molecule has 0 saturated heterocycles. The maximum atomic E-state index is 12.1. The van der Waals surface area contributed by atoms with E-state index >= 15 is 0 Å². The molecule has 0 fully saturated rings.